The number of rotatable bonds is 4. The Bertz CT molecular complexity index is 780. The predicted octanol–water partition coefficient (Wildman–Crippen LogP) is 5.72. The van der Waals surface area contributed by atoms with Gasteiger partial charge in [-0.05, 0) is 39.3 Å². The Hall–Kier alpha value is -1.91. The van der Waals surface area contributed by atoms with Gasteiger partial charge in [0.15, 0.2) is 0 Å². The molecule has 23 heavy (non-hydrogen) atoms. The number of hydrogen-bond acceptors (Lipinski definition) is 1. The molecule has 0 aliphatic heterocycles. The van der Waals surface area contributed by atoms with Gasteiger partial charge in [0.25, 0.3) is 0 Å². The van der Waals surface area contributed by atoms with Crippen molar-refractivity contribution in [2.75, 3.05) is 0 Å². The first-order valence-corrected chi connectivity index (χ1v) is 8.59. The molecular formula is C21H17IO. The minimum atomic E-state index is -0.661. The highest BCUT2D eigenvalue weighted by Gasteiger charge is 2.19. The van der Waals surface area contributed by atoms with E-state index in [1.807, 2.05) is 78.9 Å². The van der Waals surface area contributed by atoms with Crippen LogP contribution in [0.15, 0.2) is 91.0 Å². The van der Waals surface area contributed by atoms with Crippen molar-refractivity contribution in [3.05, 3.63) is 108 Å². The fourth-order valence-electron chi connectivity index (χ4n) is 2.56. The van der Waals surface area contributed by atoms with E-state index in [1.165, 1.54) is 0 Å². The average molecular weight is 412 g/mol. The molecule has 0 aromatic heterocycles. The van der Waals surface area contributed by atoms with Crippen LogP contribution in [0.1, 0.15) is 22.8 Å². The Balaban J connectivity index is 2.15. The van der Waals surface area contributed by atoms with Gasteiger partial charge in [0.2, 0.25) is 0 Å². The lowest BCUT2D eigenvalue weighted by molar-refractivity contribution is 0.239. The summed E-state index contributed by atoms with van der Waals surface area (Å²) in [6.07, 6.45) is -0.661. The van der Waals surface area contributed by atoms with E-state index in [0.29, 0.717) is 0 Å². The number of aliphatic hydroxyl groups is 1. The predicted molar refractivity (Wildman–Crippen MR) is 105 cm³/mol. The molecule has 114 valence electrons. The van der Waals surface area contributed by atoms with Gasteiger partial charge in [-0.1, -0.05) is 91.0 Å². The molecule has 3 rings (SSSR count). The number of hydrogen-bond donors (Lipinski definition) is 1. The van der Waals surface area contributed by atoms with Crippen molar-refractivity contribution in [3.8, 4) is 0 Å². The molecule has 0 amide bonds. The molecule has 0 aliphatic rings. The maximum atomic E-state index is 11.0. The summed E-state index contributed by atoms with van der Waals surface area (Å²) < 4.78 is 1.06. The Morgan fingerprint density at radius 2 is 1.09 bits per heavy atom. The number of halogens is 1. The van der Waals surface area contributed by atoms with Crippen molar-refractivity contribution in [1.82, 2.24) is 0 Å². The maximum Gasteiger partial charge on any atom is 0.106 e. The molecule has 1 nitrogen and oxygen atoms in total. The Kier molecular flexibility index (Phi) is 5.26. The molecule has 0 bridgehead atoms. The molecule has 1 unspecified atom stereocenters. The first-order valence-electron chi connectivity index (χ1n) is 7.51. The highest BCUT2D eigenvalue weighted by molar-refractivity contribution is 14.1. The molecule has 2 heteroatoms. The van der Waals surface area contributed by atoms with E-state index in [-0.39, 0.29) is 0 Å². The van der Waals surface area contributed by atoms with Crippen LogP contribution in [0, 0.1) is 0 Å². The first kappa shape index (κ1) is 16.0. The SMILES string of the molecule is OC(/C(=C(\I)c1ccccc1)c1ccccc1)c1ccccc1. The van der Waals surface area contributed by atoms with Crippen molar-refractivity contribution in [1.29, 1.82) is 0 Å². The highest BCUT2D eigenvalue weighted by Crippen LogP contribution is 2.39. The van der Waals surface area contributed by atoms with Crippen molar-refractivity contribution in [3.63, 3.8) is 0 Å². The molecule has 0 saturated heterocycles. The summed E-state index contributed by atoms with van der Waals surface area (Å²) in [4.78, 5) is 0. The van der Waals surface area contributed by atoms with Gasteiger partial charge in [0, 0.05) is 9.15 Å². The minimum Gasteiger partial charge on any atom is -0.384 e. The highest BCUT2D eigenvalue weighted by atomic mass is 127. The molecule has 1 N–H and O–H groups in total. The zero-order valence-electron chi connectivity index (χ0n) is 12.6. The molecule has 3 aromatic carbocycles. The standard InChI is InChI=1S/C21H17IO/c22-20(17-12-6-2-7-13-17)19(16-10-4-1-5-11-16)21(23)18-14-8-3-9-15-18/h1-15,21,23H/b20-19-. The first-order chi connectivity index (χ1) is 11.3. The second-order valence-electron chi connectivity index (χ2n) is 5.27. The maximum absolute atomic E-state index is 11.0. The van der Waals surface area contributed by atoms with Crippen molar-refractivity contribution < 1.29 is 5.11 Å². The quantitative estimate of drug-likeness (QED) is 0.429. The third kappa shape index (κ3) is 3.71. The van der Waals surface area contributed by atoms with Gasteiger partial charge in [-0.25, -0.2) is 0 Å². The van der Waals surface area contributed by atoms with E-state index < -0.39 is 6.10 Å². The lowest BCUT2D eigenvalue weighted by Gasteiger charge is -2.19. The summed E-state index contributed by atoms with van der Waals surface area (Å²) in [6.45, 7) is 0. The van der Waals surface area contributed by atoms with Gasteiger partial charge in [-0.15, -0.1) is 0 Å². The van der Waals surface area contributed by atoms with Gasteiger partial charge in [0.1, 0.15) is 6.10 Å². The largest absolute Gasteiger partial charge is 0.384 e. The van der Waals surface area contributed by atoms with Gasteiger partial charge in [-0.2, -0.15) is 0 Å². The summed E-state index contributed by atoms with van der Waals surface area (Å²) in [5.41, 5.74) is 3.99. The van der Waals surface area contributed by atoms with Gasteiger partial charge in [-0.3, -0.25) is 0 Å². The molecule has 0 spiro atoms. The second kappa shape index (κ2) is 7.57. The minimum absolute atomic E-state index is 0.661. The van der Waals surface area contributed by atoms with Crippen LogP contribution in [-0.2, 0) is 0 Å². The summed E-state index contributed by atoms with van der Waals surface area (Å²) in [5.74, 6) is 0. The van der Waals surface area contributed by atoms with Crippen LogP contribution >= 0.6 is 22.6 Å². The van der Waals surface area contributed by atoms with Crippen LogP contribution in [0.5, 0.6) is 0 Å². The number of aliphatic hydroxyl groups excluding tert-OH is 1. The third-order valence-corrected chi connectivity index (χ3v) is 4.94. The van der Waals surface area contributed by atoms with E-state index in [2.05, 4.69) is 34.7 Å². The van der Waals surface area contributed by atoms with Gasteiger partial charge >= 0.3 is 0 Å². The summed E-state index contributed by atoms with van der Waals surface area (Å²) in [5, 5.41) is 11.0. The van der Waals surface area contributed by atoms with Crippen LogP contribution in [0.25, 0.3) is 9.15 Å². The molecule has 3 aromatic rings. The fourth-order valence-corrected chi connectivity index (χ4v) is 3.53. The lowest BCUT2D eigenvalue weighted by Crippen LogP contribution is -2.02. The van der Waals surface area contributed by atoms with Gasteiger partial charge in [0.05, 0.1) is 0 Å². The van der Waals surface area contributed by atoms with Gasteiger partial charge < -0.3 is 5.11 Å². The van der Waals surface area contributed by atoms with E-state index >= 15 is 0 Å². The summed E-state index contributed by atoms with van der Waals surface area (Å²) >= 11 is 2.33. The Labute approximate surface area is 150 Å². The molecule has 0 aliphatic carbocycles. The normalized spacial score (nSPS) is 13.3. The lowest BCUT2D eigenvalue weighted by atomic mass is 9.93. The smallest absolute Gasteiger partial charge is 0.106 e. The topological polar surface area (TPSA) is 20.2 Å². The van der Waals surface area contributed by atoms with E-state index in [1.54, 1.807) is 0 Å². The van der Waals surface area contributed by atoms with E-state index in [0.717, 1.165) is 25.8 Å². The molecule has 0 saturated carbocycles. The zero-order chi connectivity index (χ0) is 16.1. The monoisotopic (exact) mass is 412 g/mol. The van der Waals surface area contributed by atoms with E-state index in [4.69, 9.17) is 0 Å². The van der Waals surface area contributed by atoms with Crippen molar-refractivity contribution in [2.45, 2.75) is 6.10 Å². The third-order valence-electron chi connectivity index (χ3n) is 3.74. The molecule has 1 atom stereocenters. The Morgan fingerprint density at radius 3 is 1.61 bits per heavy atom. The van der Waals surface area contributed by atoms with Crippen molar-refractivity contribution in [2.24, 2.45) is 0 Å². The van der Waals surface area contributed by atoms with Crippen LogP contribution in [-0.4, -0.2) is 5.11 Å². The van der Waals surface area contributed by atoms with Crippen LogP contribution < -0.4 is 0 Å². The average Bonchev–Trinajstić information content (AvgIpc) is 2.64. The Morgan fingerprint density at radius 1 is 0.652 bits per heavy atom. The van der Waals surface area contributed by atoms with E-state index in [9.17, 15) is 5.11 Å². The van der Waals surface area contributed by atoms with Crippen LogP contribution in [0.2, 0.25) is 0 Å². The van der Waals surface area contributed by atoms with Crippen molar-refractivity contribution >= 4 is 31.7 Å². The zero-order valence-corrected chi connectivity index (χ0v) is 14.7. The van der Waals surface area contributed by atoms with Crippen LogP contribution in [0.3, 0.4) is 0 Å². The molecule has 0 heterocycles. The second-order valence-corrected chi connectivity index (χ2v) is 6.35. The molecular weight excluding hydrogens is 395 g/mol. The summed E-state index contributed by atoms with van der Waals surface area (Å²) in [6, 6.07) is 30.1. The fraction of sp³-hybridized carbons (Fsp3) is 0.0476. The van der Waals surface area contributed by atoms with Crippen LogP contribution in [0.4, 0.5) is 0 Å². The number of benzene rings is 3. The molecule has 0 fully saturated rings. The summed E-state index contributed by atoms with van der Waals surface area (Å²) in [7, 11) is 0. The molecule has 0 radical (unpaired) electrons.